The van der Waals surface area contributed by atoms with Gasteiger partial charge in [0.1, 0.15) is 0 Å². The molecule has 0 radical (unpaired) electrons. The van der Waals surface area contributed by atoms with Gasteiger partial charge in [0.2, 0.25) is 0 Å². The molecule has 0 saturated heterocycles. The minimum Gasteiger partial charge on any atom is -0.383 e. The molecule has 1 aliphatic carbocycles. The first kappa shape index (κ1) is 14.3. The van der Waals surface area contributed by atoms with Crippen LogP contribution >= 0.6 is 0 Å². The van der Waals surface area contributed by atoms with Gasteiger partial charge in [-0.25, -0.2) is 4.79 Å². The fourth-order valence-electron chi connectivity index (χ4n) is 2.05. The number of urea groups is 1. The van der Waals surface area contributed by atoms with Crippen molar-refractivity contribution in [3.63, 3.8) is 0 Å². The normalized spacial score (nSPS) is 16.1. The highest BCUT2D eigenvalue weighted by Gasteiger charge is 2.20. The van der Waals surface area contributed by atoms with Crippen molar-refractivity contribution in [2.75, 3.05) is 40.5 Å². The molecule has 0 aromatic carbocycles. The molecule has 1 aliphatic rings. The molecule has 0 unspecified atom stereocenters. The Kier molecular flexibility index (Phi) is 6.96. The van der Waals surface area contributed by atoms with Crippen LogP contribution in [-0.4, -0.2) is 57.5 Å². The van der Waals surface area contributed by atoms with Gasteiger partial charge in [0.15, 0.2) is 0 Å². The Morgan fingerprint density at radius 1 is 1.18 bits per heavy atom. The van der Waals surface area contributed by atoms with E-state index >= 15 is 0 Å². The third kappa shape index (κ3) is 5.37. The lowest BCUT2D eigenvalue weighted by Crippen LogP contribution is -2.46. The number of hydrogen-bond donors (Lipinski definition) is 1. The third-order valence-corrected chi connectivity index (χ3v) is 3.10. The Balaban J connectivity index is 2.34. The zero-order valence-electron chi connectivity index (χ0n) is 10.9. The summed E-state index contributed by atoms with van der Waals surface area (Å²) in [5.41, 5.74) is 0. The van der Waals surface area contributed by atoms with E-state index in [4.69, 9.17) is 9.47 Å². The number of nitrogens with one attached hydrogen (secondary N) is 1. The molecule has 2 amide bonds. The molecule has 17 heavy (non-hydrogen) atoms. The number of rotatable bonds is 7. The average Bonchev–Trinajstić information content (AvgIpc) is 2.82. The number of amides is 2. The second kappa shape index (κ2) is 8.31. The topological polar surface area (TPSA) is 50.8 Å². The fraction of sp³-hybridized carbons (Fsp3) is 0.917. The van der Waals surface area contributed by atoms with E-state index in [2.05, 4.69) is 5.32 Å². The lowest BCUT2D eigenvalue weighted by molar-refractivity contribution is 0.121. The Morgan fingerprint density at radius 2 is 1.71 bits per heavy atom. The molecule has 5 nitrogen and oxygen atoms in total. The van der Waals surface area contributed by atoms with Crippen molar-refractivity contribution in [3.8, 4) is 0 Å². The molecular formula is C12H24N2O3. The molecule has 0 bridgehead atoms. The smallest absolute Gasteiger partial charge is 0.317 e. The molecule has 0 spiro atoms. The average molecular weight is 244 g/mol. The quantitative estimate of drug-likeness (QED) is 0.733. The number of nitrogens with zero attached hydrogens (tertiary/aromatic N) is 1. The molecule has 1 N–H and O–H groups in total. The van der Waals surface area contributed by atoms with Crippen molar-refractivity contribution in [3.05, 3.63) is 0 Å². The second-order valence-corrected chi connectivity index (χ2v) is 4.40. The van der Waals surface area contributed by atoms with Gasteiger partial charge in [-0.15, -0.1) is 0 Å². The zero-order valence-corrected chi connectivity index (χ0v) is 10.9. The van der Waals surface area contributed by atoms with Crippen LogP contribution in [0.25, 0.3) is 0 Å². The fourth-order valence-corrected chi connectivity index (χ4v) is 2.05. The van der Waals surface area contributed by atoms with E-state index < -0.39 is 0 Å². The van der Waals surface area contributed by atoms with Crippen LogP contribution in [0.3, 0.4) is 0 Å². The molecule has 0 aromatic rings. The van der Waals surface area contributed by atoms with E-state index in [1.807, 2.05) is 0 Å². The van der Waals surface area contributed by atoms with Crippen molar-refractivity contribution in [1.82, 2.24) is 10.2 Å². The first-order valence-electron chi connectivity index (χ1n) is 6.31. The summed E-state index contributed by atoms with van der Waals surface area (Å²) in [6.07, 6.45) is 4.66. The molecule has 0 aliphatic heterocycles. The van der Waals surface area contributed by atoms with E-state index in [9.17, 15) is 4.79 Å². The van der Waals surface area contributed by atoms with Crippen LogP contribution in [0.15, 0.2) is 0 Å². The zero-order chi connectivity index (χ0) is 12.5. The van der Waals surface area contributed by atoms with Crippen LogP contribution in [0, 0.1) is 0 Å². The number of carbonyl (C=O) groups excluding carboxylic acids is 1. The van der Waals surface area contributed by atoms with Crippen LogP contribution in [0.1, 0.15) is 25.7 Å². The Hall–Kier alpha value is -0.810. The third-order valence-electron chi connectivity index (χ3n) is 3.10. The van der Waals surface area contributed by atoms with Crippen LogP contribution in [0.5, 0.6) is 0 Å². The van der Waals surface area contributed by atoms with Crippen molar-refractivity contribution in [1.29, 1.82) is 0 Å². The number of hydrogen-bond acceptors (Lipinski definition) is 3. The lowest BCUT2D eigenvalue weighted by Gasteiger charge is -2.24. The number of carbonyl (C=O) groups is 1. The van der Waals surface area contributed by atoms with Crippen LogP contribution < -0.4 is 5.32 Å². The minimum absolute atomic E-state index is 0.00556. The van der Waals surface area contributed by atoms with Gasteiger partial charge in [0, 0.05) is 33.4 Å². The molecule has 0 heterocycles. The molecule has 0 atom stereocenters. The Bertz CT molecular complexity index is 210. The van der Waals surface area contributed by atoms with Crippen LogP contribution in [-0.2, 0) is 9.47 Å². The van der Waals surface area contributed by atoms with E-state index in [0.29, 0.717) is 32.3 Å². The molecule has 0 aromatic heterocycles. The summed E-state index contributed by atoms with van der Waals surface area (Å²) in [4.78, 5) is 13.8. The molecule has 100 valence electrons. The second-order valence-electron chi connectivity index (χ2n) is 4.40. The van der Waals surface area contributed by atoms with Gasteiger partial charge in [-0.1, -0.05) is 12.8 Å². The predicted octanol–water partition coefficient (Wildman–Crippen LogP) is 1.23. The monoisotopic (exact) mass is 244 g/mol. The molecular weight excluding hydrogens is 220 g/mol. The molecule has 1 rings (SSSR count). The maximum absolute atomic E-state index is 12.0. The Morgan fingerprint density at radius 3 is 2.18 bits per heavy atom. The summed E-state index contributed by atoms with van der Waals surface area (Å²) in [5.74, 6) is 0. The van der Waals surface area contributed by atoms with E-state index in [1.54, 1.807) is 19.1 Å². The molecule has 1 saturated carbocycles. The van der Waals surface area contributed by atoms with Gasteiger partial charge < -0.3 is 19.7 Å². The summed E-state index contributed by atoms with van der Waals surface area (Å²) in [7, 11) is 3.28. The summed E-state index contributed by atoms with van der Waals surface area (Å²) in [5, 5.41) is 3.07. The van der Waals surface area contributed by atoms with Crippen molar-refractivity contribution >= 4 is 6.03 Å². The maximum atomic E-state index is 12.0. The predicted molar refractivity (Wildman–Crippen MR) is 66.1 cm³/mol. The largest absolute Gasteiger partial charge is 0.383 e. The standard InChI is InChI=1S/C12H24N2O3/c1-16-9-7-14(8-10-17-2)12(15)13-11-5-3-4-6-11/h11H,3-10H2,1-2H3,(H,13,15). The van der Waals surface area contributed by atoms with E-state index in [1.165, 1.54) is 12.8 Å². The first-order valence-corrected chi connectivity index (χ1v) is 6.31. The highest BCUT2D eigenvalue weighted by Crippen LogP contribution is 2.17. The summed E-state index contributed by atoms with van der Waals surface area (Å²) in [6.45, 7) is 2.33. The van der Waals surface area contributed by atoms with Crippen molar-refractivity contribution in [2.24, 2.45) is 0 Å². The highest BCUT2D eigenvalue weighted by atomic mass is 16.5. The van der Waals surface area contributed by atoms with Gasteiger partial charge >= 0.3 is 6.03 Å². The summed E-state index contributed by atoms with van der Waals surface area (Å²) in [6, 6.07) is 0.362. The van der Waals surface area contributed by atoms with Gasteiger partial charge in [-0.2, -0.15) is 0 Å². The molecule has 5 heteroatoms. The van der Waals surface area contributed by atoms with Gasteiger partial charge in [0.25, 0.3) is 0 Å². The van der Waals surface area contributed by atoms with Gasteiger partial charge in [-0.3, -0.25) is 0 Å². The van der Waals surface area contributed by atoms with E-state index in [0.717, 1.165) is 12.8 Å². The van der Waals surface area contributed by atoms with Crippen LogP contribution in [0.4, 0.5) is 4.79 Å². The van der Waals surface area contributed by atoms with E-state index in [-0.39, 0.29) is 6.03 Å². The first-order chi connectivity index (χ1) is 8.27. The van der Waals surface area contributed by atoms with Gasteiger partial charge in [0.05, 0.1) is 13.2 Å². The molecule has 1 fully saturated rings. The minimum atomic E-state index is 0.00556. The van der Waals surface area contributed by atoms with Crippen molar-refractivity contribution in [2.45, 2.75) is 31.7 Å². The number of methoxy groups -OCH3 is 2. The lowest BCUT2D eigenvalue weighted by atomic mass is 10.2. The number of ether oxygens (including phenoxy) is 2. The van der Waals surface area contributed by atoms with Crippen LogP contribution in [0.2, 0.25) is 0 Å². The highest BCUT2D eigenvalue weighted by molar-refractivity contribution is 5.74. The maximum Gasteiger partial charge on any atom is 0.317 e. The summed E-state index contributed by atoms with van der Waals surface area (Å²) >= 11 is 0. The SMILES string of the molecule is COCCN(CCOC)C(=O)NC1CCCC1. The van der Waals surface area contributed by atoms with Gasteiger partial charge in [-0.05, 0) is 12.8 Å². The summed E-state index contributed by atoms with van der Waals surface area (Å²) < 4.78 is 10.0. The Labute approximate surface area is 103 Å². The van der Waals surface area contributed by atoms with Crippen molar-refractivity contribution < 1.29 is 14.3 Å².